The van der Waals surface area contributed by atoms with Crippen molar-refractivity contribution in [1.29, 1.82) is 5.26 Å². The third-order valence-electron chi connectivity index (χ3n) is 3.58. The van der Waals surface area contributed by atoms with Gasteiger partial charge in [0.15, 0.2) is 0 Å². The Kier molecular flexibility index (Phi) is 5.84. The molecule has 0 N–H and O–H groups in total. The van der Waals surface area contributed by atoms with Crippen LogP contribution in [-0.2, 0) is 16.2 Å². The van der Waals surface area contributed by atoms with E-state index >= 15 is 0 Å². The second kappa shape index (κ2) is 7.56. The van der Waals surface area contributed by atoms with Crippen LogP contribution in [0.5, 0.6) is 0 Å². The fourth-order valence-electron chi connectivity index (χ4n) is 2.25. The summed E-state index contributed by atoms with van der Waals surface area (Å²) in [4.78, 5) is -0.660. The predicted molar refractivity (Wildman–Crippen MR) is 92.4 cm³/mol. The van der Waals surface area contributed by atoms with Gasteiger partial charge in [-0.3, -0.25) is 4.31 Å². The van der Waals surface area contributed by atoms with Crippen LogP contribution in [0.25, 0.3) is 0 Å². The van der Waals surface area contributed by atoms with E-state index in [1.807, 2.05) is 13.0 Å². The van der Waals surface area contributed by atoms with E-state index in [2.05, 4.69) is 0 Å². The summed E-state index contributed by atoms with van der Waals surface area (Å²) in [7, 11) is -4.40. The van der Waals surface area contributed by atoms with Crippen molar-refractivity contribution in [3.63, 3.8) is 0 Å². The average molecular weight is 403 g/mol. The van der Waals surface area contributed by atoms with Crippen LogP contribution in [0.4, 0.5) is 18.9 Å². The van der Waals surface area contributed by atoms with E-state index in [4.69, 9.17) is 16.9 Å². The zero-order valence-corrected chi connectivity index (χ0v) is 15.2. The van der Waals surface area contributed by atoms with Gasteiger partial charge in [0, 0.05) is 6.54 Å². The molecule has 0 heterocycles. The molecule has 26 heavy (non-hydrogen) atoms. The minimum absolute atomic E-state index is 0.135. The van der Waals surface area contributed by atoms with Gasteiger partial charge >= 0.3 is 6.18 Å². The first-order chi connectivity index (χ1) is 12.1. The molecule has 0 aliphatic carbocycles. The van der Waals surface area contributed by atoms with Crippen LogP contribution in [0.3, 0.4) is 0 Å². The van der Waals surface area contributed by atoms with E-state index in [-0.39, 0.29) is 23.7 Å². The summed E-state index contributed by atoms with van der Waals surface area (Å²) in [5, 5.41) is 8.47. The summed E-state index contributed by atoms with van der Waals surface area (Å²) in [6.45, 7) is 1.59. The first-order valence-electron chi connectivity index (χ1n) is 7.40. The molecule has 0 spiro atoms. The summed E-state index contributed by atoms with van der Waals surface area (Å²) < 4.78 is 65.8. The van der Waals surface area contributed by atoms with E-state index in [1.165, 1.54) is 12.1 Å². The zero-order valence-electron chi connectivity index (χ0n) is 13.6. The van der Waals surface area contributed by atoms with Crippen molar-refractivity contribution in [3.05, 3.63) is 58.6 Å². The molecule has 0 radical (unpaired) electrons. The molecule has 0 aromatic heterocycles. The van der Waals surface area contributed by atoms with Crippen LogP contribution in [0.1, 0.15) is 17.5 Å². The van der Waals surface area contributed by atoms with Crippen molar-refractivity contribution < 1.29 is 21.6 Å². The Balaban J connectivity index is 2.60. The number of hydrogen-bond acceptors (Lipinski definition) is 3. The number of halogens is 4. The van der Waals surface area contributed by atoms with E-state index in [1.54, 1.807) is 12.1 Å². The van der Waals surface area contributed by atoms with E-state index in [9.17, 15) is 21.6 Å². The van der Waals surface area contributed by atoms with Gasteiger partial charge in [-0.2, -0.15) is 18.4 Å². The summed E-state index contributed by atoms with van der Waals surface area (Å²) in [6.07, 6.45) is -4.85. The summed E-state index contributed by atoms with van der Waals surface area (Å²) >= 11 is 5.88. The molecule has 2 aromatic rings. The van der Waals surface area contributed by atoms with Gasteiger partial charge in [0.25, 0.3) is 10.0 Å². The molecular weight excluding hydrogens is 389 g/mol. The number of sulfonamides is 1. The molecule has 0 aliphatic rings. The Morgan fingerprint density at radius 3 is 2.31 bits per heavy atom. The topological polar surface area (TPSA) is 61.2 Å². The minimum Gasteiger partial charge on any atom is -0.265 e. The number of benzene rings is 2. The minimum atomic E-state index is -4.71. The Bertz CT molecular complexity index is 936. The summed E-state index contributed by atoms with van der Waals surface area (Å²) in [5.41, 5.74) is -0.00701. The van der Waals surface area contributed by atoms with E-state index in [0.29, 0.717) is 12.1 Å². The van der Waals surface area contributed by atoms with Crippen LogP contribution < -0.4 is 4.31 Å². The molecule has 9 heteroatoms. The van der Waals surface area contributed by atoms with Crippen molar-refractivity contribution >= 4 is 27.3 Å². The molecule has 0 unspecified atom stereocenters. The fraction of sp³-hybridized carbons (Fsp3) is 0.235. The molecule has 0 fully saturated rings. The Morgan fingerprint density at radius 1 is 1.15 bits per heavy atom. The number of nitrogens with zero attached hydrogens (tertiary/aromatic N) is 2. The van der Waals surface area contributed by atoms with Gasteiger partial charge in [0.2, 0.25) is 0 Å². The average Bonchev–Trinajstić information content (AvgIpc) is 2.55. The smallest absolute Gasteiger partial charge is 0.265 e. The van der Waals surface area contributed by atoms with E-state index in [0.717, 1.165) is 15.9 Å². The van der Waals surface area contributed by atoms with Crippen LogP contribution >= 0.6 is 11.6 Å². The van der Waals surface area contributed by atoms with Crippen molar-refractivity contribution in [2.24, 2.45) is 0 Å². The van der Waals surface area contributed by atoms with Crippen LogP contribution in [0.15, 0.2) is 47.4 Å². The number of rotatable bonds is 5. The lowest BCUT2D eigenvalue weighted by atomic mass is 10.2. The molecule has 0 bridgehead atoms. The summed E-state index contributed by atoms with van der Waals surface area (Å²) in [6, 6.07) is 10.3. The van der Waals surface area contributed by atoms with Crippen LogP contribution in [0, 0.1) is 18.3 Å². The number of alkyl halides is 3. The highest BCUT2D eigenvalue weighted by Gasteiger charge is 2.34. The maximum absolute atomic E-state index is 13.0. The maximum Gasteiger partial charge on any atom is 0.416 e. The Labute approximate surface area is 154 Å². The van der Waals surface area contributed by atoms with Crippen LogP contribution in [-0.4, -0.2) is 15.0 Å². The highest BCUT2D eigenvalue weighted by molar-refractivity contribution is 7.93. The first-order valence-corrected chi connectivity index (χ1v) is 9.22. The SMILES string of the molecule is Cc1ccc(N(CCC#N)S(=O)(=O)c2cc(C(F)(F)F)ccc2Cl)cc1. The van der Waals surface area contributed by atoms with Gasteiger partial charge in [-0.1, -0.05) is 29.3 Å². The molecule has 0 aliphatic heterocycles. The molecule has 2 rings (SSSR count). The fourth-order valence-corrected chi connectivity index (χ4v) is 4.22. The Hall–Kier alpha value is -2.24. The third kappa shape index (κ3) is 4.29. The van der Waals surface area contributed by atoms with Gasteiger partial charge in [0.1, 0.15) is 4.90 Å². The van der Waals surface area contributed by atoms with Gasteiger partial charge in [-0.05, 0) is 37.3 Å². The standard InChI is InChI=1S/C17H14ClF3N2O2S/c1-12-3-6-14(7-4-12)23(10-2-9-22)26(24,25)16-11-13(17(19,20)21)5-8-15(16)18/h3-8,11H,2,10H2,1H3. The molecule has 0 saturated heterocycles. The Morgan fingerprint density at radius 2 is 1.77 bits per heavy atom. The largest absolute Gasteiger partial charge is 0.416 e. The van der Waals surface area contributed by atoms with Crippen molar-refractivity contribution in [2.75, 3.05) is 10.8 Å². The van der Waals surface area contributed by atoms with Crippen molar-refractivity contribution in [2.45, 2.75) is 24.4 Å². The molecule has 4 nitrogen and oxygen atoms in total. The van der Waals surface area contributed by atoms with Crippen molar-refractivity contribution in [3.8, 4) is 6.07 Å². The first kappa shape index (κ1) is 20.1. The number of aryl methyl sites for hydroxylation is 1. The highest BCUT2D eigenvalue weighted by Crippen LogP contribution is 2.35. The summed E-state index contributed by atoms with van der Waals surface area (Å²) in [5.74, 6) is 0. The zero-order chi connectivity index (χ0) is 19.5. The second-order valence-corrected chi connectivity index (χ2v) is 7.70. The van der Waals surface area contributed by atoms with E-state index < -0.39 is 26.7 Å². The molecular formula is C17H14ClF3N2O2S. The van der Waals surface area contributed by atoms with Crippen LogP contribution in [0.2, 0.25) is 5.02 Å². The highest BCUT2D eigenvalue weighted by atomic mass is 35.5. The molecule has 2 aromatic carbocycles. The molecule has 0 atom stereocenters. The number of nitriles is 1. The molecule has 138 valence electrons. The van der Waals surface area contributed by atoms with Gasteiger partial charge in [-0.15, -0.1) is 0 Å². The lowest BCUT2D eigenvalue weighted by Gasteiger charge is -2.24. The maximum atomic E-state index is 13.0. The third-order valence-corrected chi connectivity index (χ3v) is 5.88. The van der Waals surface area contributed by atoms with Crippen molar-refractivity contribution in [1.82, 2.24) is 0 Å². The number of hydrogen-bond donors (Lipinski definition) is 0. The lowest BCUT2D eigenvalue weighted by molar-refractivity contribution is -0.137. The van der Waals surface area contributed by atoms with Gasteiger partial charge in [-0.25, -0.2) is 8.42 Å². The van der Waals surface area contributed by atoms with Gasteiger partial charge < -0.3 is 0 Å². The molecule has 0 saturated carbocycles. The number of anilines is 1. The van der Waals surface area contributed by atoms with Gasteiger partial charge in [0.05, 0.1) is 28.8 Å². The second-order valence-electron chi connectivity index (χ2n) is 5.46. The normalized spacial score (nSPS) is 11.8. The molecule has 0 amide bonds. The predicted octanol–water partition coefficient (Wildman–Crippen LogP) is 4.78. The monoisotopic (exact) mass is 402 g/mol. The lowest BCUT2D eigenvalue weighted by Crippen LogP contribution is -2.32. The quantitative estimate of drug-likeness (QED) is 0.723.